The summed E-state index contributed by atoms with van der Waals surface area (Å²) in [6, 6.07) is 13.9. The number of rotatable bonds is 4. The van der Waals surface area contributed by atoms with Crippen LogP contribution in [-0.4, -0.2) is 16.3 Å². The number of benzene rings is 2. The Balaban J connectivity index is 1.96. The Bertz CT molecular complexity index is 946. The van der Waals surface area contributed by atoms with E-state index in [0.717, 1.165) is 19.9 Å². The van der Waals surface area contributed by atoms with E-state index in [1.165, 1.54) is 30.8 Å². The first-order chi connectivity index (χ1) is 11.5. The van der Waals surface area contributed by atoms with E-state index < -0.39 is 4.92 Å². The van der Waals surface area contributed by atoms with Crippen molar-refractivity contribution in [2.45, 2.75) is 11.8 Å². The van der Waals surface area contributed by atoms with E-state index in [1.807, 2.05) is 24.3 Å². The Morgan fingerprint density at radius 3 is 2.58 bits per heavy atom. The average Bonchev–Trinajstić information content (AvgIpc) is 2.90. The van der Waals surface area contributed by atoms with Crippen LogP contribution in [0.25, 0.3) is 10.1 Å². The molecule has 0 N–H and O–H groups in total. The van der Waals surface area contributed by atoms with Gasteiger partial charge in [0.1, 0.15) is 0 Å². The van der Waals surface area contributed by atoms with Gasteiger partial charge in [-0.1, -0.05) is 30.0 Å². The van der Waals surface area contributed by atoms with Crippen molar-refractivity contribution in [3.63, 3.8) is 0 Å². The van der Waals surface area contributed by atoms with Gasteiger partial charge in [-0.15, -0.1) is 11.3 Å². The van der Waals surface area contributed by atoms with Gasteiger partial charge in [0.05, 0.1) is 15.5 Å². The second-order valence-electron chi connectivity index (χ2n) is 4.92. The number of aliphatic imine (C=N–C) groups is 1. The minimum absolute atomic E-state index is 0.0172. The Morgan fingerprint density at radius 2 is 1.92 bits per heavy atom. The zero-order valence-electron chi connectivity index (χ0n) is 12.6. The molecule has 0 aliphatic heterocycles. The van der Waals surface area contributed by atoms with Crippen molar-refractivity contribution in [3.05, 3.63) is 63.5 Å². The standard InChI is InChI=1S/C17H12N2O3S2/c1-11(20)23-17-14-4-2-3-5-15(14)24-16(17)10-18-12-6-8-13(9-7-12)19(21)22/h2-10H,1H3. The van der Waals surface area contributed by atoms with Crippen molar-refractivity contribution in [2.24, 2.45) is 4.99 Å². The van der Waals surface area contributed by atoms with Gasteiger partial charge in [0.2, 0.25) is 0 Å². The fourth-order valence-electron chi connectivity index (χ4n) is 2.17. The summed E-state index contributed by atoms with van der Waals surface area (Å²) < 4.78 is 1.09. The van der Waals surface area contributed by atoms with Gasteiger partial charge in [-0.2, -0.15) is 0 Å². The van der Waals surface area contributed by atoms with Gasteiger partial charge in [0, 0.05) is 40.3 Å². The molecule has 7 heteroatoms. The summed E-state index contributed by atoms with van der Waals surface area (Å²) in [5.41, 5.74) is 0.653. The second-order valence-corrected chi connectivity index (χ2v) is 7.19. The van der Waals surface area contributed by atoms with Crippen LogP contribution >= 0.6 is 23.1 Å². The number of thioether (sulfide) groups is 1. The molecule has 0 amide bonds. The molecule has 2 aromatic carbocycles. The van der Waals surface area contributed by atoms with E-state index >= 15 is 0 Å². The summed E-state index contributed by atoms with van der Waals surface area (Å²) >= 11 is 2.76. The molecule has 0 atom stereocenters. The normalized spacial score (nSPS) is 11.2. The zero-order chi connectivity index (χ0) is 17.1. The Labute approximate surface area is 146 Å². The van der Waals surface area contributed by atoms with Gasteiger partial charge in [0.15, 0.2) is 5.12 Å². The molecule has 1 heterocycles. The molecule has 3 aromatic rings. The van der Waals surface area contributed by atoms with Crippen LogP contribution in [0.5, 0.6) is 0 Å². The lowest BCUT2D eigenvalue weighted by Gasteiger charge is -1.98. The summed E-state index contributed by atoms with van der Waals surface area (Å²) in [7, 11) is 0. The molecule has 0 unspecified atom stereocenters. The molecule has 0 aliphatic rings. The van der Waals surface area contributed by atoms with Crippen LogP contribution < -0.4 is 0 Å². The van der Waals surface area contributed by atoms with Crippen molar-refractivity contribution >= 4 is 55.9 Å². The number of nitro benzene ring substituents is 1. The molecule has 0 aliphatic carbocycles. The highest BCUT2D eigenvalue weighted by molar-refractivity contribution is 8.14. The van der Waals surface area contributed by atoms with Crippen LogP contribution in [0, 0.1) is 10.1 Å². The van der Waals surface area contributed by atoms with Crippen LogP contribution in [0.1, 0.15) is 11.8 Å². The minimum Gasteiger partial charge on any atom is -0.287 e. The summed E-state index contributed by atoms with van der Waals surface area (Å²) in [5, 5.41) is 11.7. The predicted molar refractivity (Wildman–Crippen MR) is 98.7 cm³/mol. The lowest BCUT2D eigenvalue weighted by atomic mass is 10.2. The molecule has 0 spiro atoms. The maximum absolute atomic E-state index is 11.5. The van der Waals surface area contributed by atoms with Gasteiger partial charge < -0.3 is 0 Å². The van der Waals surface area contributed by atoms with Crippen LogP contribution in [0.15, 0.2) is 58.4 Å². The summed E-state index contributed by atoms with van der Waals surface area (Å²) in [4.78, 5) is 27.9. The van der Waals surface area contributed by atoms with Crippen molar-refractivity contribution in [1.29, 1.82) is 0 Å². The summed E-state index contributed by atoms with van der Waals surface area (Å²) in [5.74, 6) is 0. The lowest BCUT2D eigenvalue weighted by molar-refractivity contribution is -0.384. The van der Waals surface area contributed by atoms with Crippen molar-refractivity contribution < 1.29 is 9.72 Å². The topological polar surface area (TPSA) is 72.6 Å². The molecule has 1 aromatic heterocycles. The minimum atomic E-state index is -0.443. The first-order valence-corrected chi connectivity index (χ1v) is 8.66. The lowest BCUT2D eigenvalue weighted by Crippen LogP contribution is -1.86. The zero-order valence-corrected chi connectivity index (χ0v) is 14.3. The molecular weight excluding hydrogens is 344 g/mol. The van der Waals surface area contributed by atoms with Gasteiger partial charge in [-0.05, 0) is 18.2 Å². The third kappa shape index (κ3) is 3.52. The molecule has 0 bridgehead atoms. The predicted octanol–water partition coefficient (Wildman–Crippen LogP) is 5.20. The third-order valence-electron chi connectivity index (χ3n) is 3.21. The molecular formula is C17H12N2O3S2. The quantitative estimate of drug-likeness (QED) is 0.279. The first-order valence-electron chi connectivity index (χ1n) is 7.03. The number of hydrogen-bond acceptors (Lipinski definition) is 6. The number of thiophene rings is 1. The highest BCUT2D eigenvalue weighted by Crippen LogP contribution is 2.37. The average molecular weight is 356 g/mol. The van der Waals surface area contributed by atoms with E-state index in [9.17, 15) is 14.9 Å². The molecule has 24 heavy (non-hydrogen) atoms. The van der Waals surface area contributed by atoms with E-state index in [0.29, 0.717) is 5.69 Å². The fourth-order valence-corrected chi connectivity index (χ4v) is 4.18. The van der Waals surface area contributed by atoms with Crippen molar-refractivity contribution in [2.75, 3.05) is 0 Å². The third-order valence-corrected chi connectivity index (χ3v) is 5.38. The molecule has 0 saturated carbocycles. The molecule has 120 valence electrons. The smallest absolute Gasteiger partial charge is 0.269 e. The molecule has 5 nitrogen and oxygen atoms in total. The number of hydrogen-bond donors (Lipinski definition) is 0. The SMILES string of the molecule is CC(=O)Sc1c(C=Nc2ccc([N+](=O)[O-])cc2)sc2ccccc12. The van der Waals surface area contributed by atoms with E-state index in [4.69, 9.17) is 0 Å². The maximum Gasteiger partial charge on any atom is 0.269 e. The molecule has 0 saturated heterocycles. The fraction of sp³-hybridized carbons (Fsp3) is 0.0588. The number of carbonyl (C=O) groups is 1. The van der Waals surface area contributed by atoms with E-state index in [1.54, 1.807) is 29.7 Å². The molecule has 3 rings (SSSR count). The van der Waals surface area contributed by atoms with Crippen LogP contribution in [-0.2, 0) is 4.79 Å². The summed E-state index contributed by atoms with van der Waals surface area (Å²) in [6.07, 6.45) is 1.71. The Hall–Kier alpha value is -2.51. The van der Waals surface area contributed by atoms with Gasteiger partial charge in [0.25, 0.3) is 5.69 Å². The Kier molecular flexibility index (Phi) is 4.73. The van der Waals surface area contributed by atoms with Gasteiger partial charge >= 0.3 is 0 Å². The highest BCUT2D eigenvalue weighted by Gasteiger charge is 2.13. The van der Waals surface area contributed by atoms with Crippen LogP contribution in [0.2, 0.25) is 0 Å². The van der Waals surface area contributed by atoms with E-state index in [2.05, 4.69) is 4.99 Å². The monoisotopic (exact) mass is 356 g/mol. The number of non-ortho nitro benzene ring substituents is 1. The van der Waals surface area contributed by atoms with Crippen molar-refractivity contribution in [3.8, 4) is 0 Å². The molecule has 0 radical (unpaired) electrons. The van der Waals surface area contributed by atoms with Crippen LogP contribution in [0.3, 0.4) is 0 Å². The number of nitro groups is 1. The van der Waals surface area contributed by atoms with E-state index in [-0.39, 0.29) is 10.8 Å². The van der Waals surface area contributed by atoms with Gasteiger partial charge in [-0.25, -0.2) is 0 Å². The first kappa shape index (κ1) is 16.4. The second kappa shape index (κ2) is 6.94. The number of fused-ring (bicyclic) bond motifs is 1. The number of carbonyl (C=O) groups excluding carboxylic acids is 1. The largest absolute Gasteiger partial charge is 0.287 e. The van der Waals surface area contributed by atoms with Crippen molar-refractivity contribution in [1.82, 2.24) is 0 Å². The highest BCUT2D eigenvalue weighted by atomic mass is 32.2. The Morgan fingerprint density at radius 1 is 1.21 bits per heavy atom. The van der Waals surface area contributed by atoms with Gasteiger partial charge in [-0.3, -0.25) is 19.9 Å². The maximum atomic E-state index is 11.5. The summed E-state index contributed by atoms with van der Waals surface area (Å²) in [6.45, 7) is 1.54. The number of nitrogens with zero attached hydrogens (tertiary/aromatic N) is 2. The molecule has 0 fully saturated rings. The van der Waals surface area contributed by atoms with Crippen LogP contribution in [0.4, 0.5) is 11.4 Å².